The Hall–Kier alpha value is -1.57. The molecule has 4 nitrogen and oxygen atoms in total. The normalized spacial score (nSPS) is 9.31. The van der Waals surface area contributed by atoms with Gasteiger partial charge in [0.2, 0.25) is 0 Å². The van der Waals surface area contributed by atoms with Crippen molar-refractivity contribution in [1.29, 1.82) is 5.26 Å². The van der Waals surface area contributed by atoms with Crippen molar-refractivity contribution < 1.29 is 9.94 Å². The fourth-order valence-corrected chi connectivity index (χ4v) is 1.04. The smallest absolute Gasteiger partial charge is 0.136 e. The number of rotatable bonds is 3. The van der Waals surface area contributed by atoms with E-state index in [0.29, 0.717) is 17.9 Å². The fourth-order valence-electron chi connectivity index (χ4n) is 1.04. The van der Waals surface area contributed by atoms with Crippen LogP contribution in [0, 0.1) is 11.3 Å². The zero-order valence-electron chi connectivity index (χ0n) is 7.24. The monoisotopic (exact) mass is 178 g/mol. The maximum absolute atomic E-state index is 8.73. The van der Waals surface area contributed by atoms with E-state index in [9.17, 15) is 0 Å². The lowest BCUT2D eigenvalue weighted by atomic mass is 10.1. The first-order valence-corrected chi connectivity index (χ1v) is 3.75. The molecule has 0 saturated heterocycles. The average molecular weight is 178 g/mol. The van der Waals surface area contributed by atoms with Crippen molar-refractivity contribution in [3.05, 3.63) is 29.3 Å². The maximum atomic E-state index is 8.73. The van der Waals surface area contributed by atoms with Crippen molar-refractivity contribution in [1.82, 2.24) is 5.48 Å². The second kappa shape index (κ2) is 4.45. The second-order valence-corrected chi connectivity index (χ2v) is 2.48. The fraction of sp³-hybridized carbons (Fsp3) is 0.222. The van der Waals surface area contributed by atoms with Crippen LogP contribution in [0.1, 0.15) is 11.1 Å². The van der Waals surface area contributed by atoms with Crippen molar-refractivity contribution in [3.8, 4) is 11.8 Å². The van der Waals surface area contributed by atoms with Gasteiger partial charge in [0.1, 0.15) is 11.8 Å². The molecule has 0 bridgehead atoms. The third-order valence-electron chi connectivity index (χ3n) is 1.67. The average Bonchev–Trinajstić information content (AvgIpc) is 2.18. The van der Waals surface area contributed by atoms with E-state index in [1.54, 1.807) is 18.2 Å². The first kappa shape index (κ1) is 9.52. The summed E-state index contributed by atoms with van der Waals surface area (Å²) in [6, 6.07) is 7.16. The van der Waals surface area contributed by atoms with Crippen molar-refractivity contribution in [3.63, 3.8) is 0 Å². The zero-order chi connectivity index (χ0) is 9.68. The highest BCUT2D eigenvalue weighted by molar-refractivity contribution is 5.45. The predicted octanol–water partition coefficient (Wildman–Crippen LogP) is 1.05. The van der Waals surface area contributed by atoms with Gasteiger partial charge in [-0.2, -0.15) is 5.26 Å². The number of methoxy groups -OCH3 is 1. The Bertz CT molecular complexity index is 331. The van der Waals surface area contributed by atoms with Crippen LogP contribution in [0.3, 0.4) is 0 Å². The molecule has 0 unspecified atom stereocenters. The van der Waals surface area contributed by atoms with Gasteiger partial charge in [-0.3, -0.25) is 0 Å². The molecular formula is C9H10N2O2. The molecule has 0 aromatic heterocycles. The Kier molecular flexibility index (Phi) is 3.26. The number of ether oxygens (including phenoxy) is 1. The molecule has 68 valence electrons. The predicted molar refractivity (Wildman–Crippen MR) is 46.3 cm³/mol. The standard InChI is InChI=1S/C9H10N2O2/c1-13-9-3-2-7(6-11-12)4-8(9)5-10/h2-4,11-12H,6H2,1H3. The van der Waals surface area contributed by atoms with Crippen LogP contribution in [-0.4, -0.2) is 12.3 Å². The van der Waals surface area contributed by atoms with Gasteiger partial charge in [-0.15, -0.1) is 0 Å². The van der Waals surface area contributed by atoms with Gasteiger partial charge in [-0.1, -0.05) is 6.07 Å². The van der Waals surface area contributed by atoms with E-state index in [4.69, 9.17) is 15.2 Å². The van der Waals surface area contributed by atoms with E-state index in [-0.39, 0.29) is 0 Å². The summed E-state index contributed by atoms with van der Waals surface area (Å²) >= 11 is 0. The van der Waals surface area contributed by atoms with Crippen LogP contribution in [0.2, 0.25) is 0 Å². The zero-order valence-corrected chi connectivity index (χ0v) is 7.24. The molecule has 0 radical (unpaired) electrons. The lowest BCUT2D eigenvalue weighted by Gasteiger charge is -2.04. The Morgan fingerprint density at radius 3 is 2.92 bits per heavy atom. The summed E-state index contributed by atoms with van der Waals surface area (Å²) < 4.78 is 4.96. The Morgan fingerprint density at radius 2 is 2.38 bits per heavy atom. The molecule has 0 aliphatic carbocycles. The van der Waals surface area contributed by atoms with Crippen LogP contribution < -0.4 is 10.2 Å². The molecule has 0 aliphatic heterocycles. The summed E-state index contributed by atoms with van der Waals surface area (Å²) in [5.74, 6) is 0.546. The lowest BCUT2D eigenvalue weighted by Crippen LogP contribution is -2.06. The Labute approximate surface area is 76.3 Å². The molecule has 0 saturated carbocycles. The quantitative estimate of drug-likeness (QED) is 0.679. The summed E-state index contributed by atoms with van der Waals surface area (Å²) in [4.78, 5) is 0. The van der Waals surface area contributed by atoms with Crippen LogP contribution >= 0.6 is 0 Å². The lowest BCUT2D eigenvalue weighted by molar-refractivity contribution is 0.161. The van der Waals surface area contributed by atoms with Crippen molar-refractivity contribution in [2.45, 2.75) is 6.54 Å². The molecule has 0 spiro atoms. The van der Waals surface area contributed by atoms with Gasteiger partial charge < -0.3 is 9.94 Å². The van der Waals surface area contributed by atoms with E-state index < -0.39 is 0 Å². The number of hydroxylamine groups is 1. The summed E-state index contributed by atoms with van der Waals surface area (Å²) in [6.45, 7) is 0.318. The van der Waals surface area contributed by atoms with Crippen molar-refractivity contribution >= 4 is 0 Å². The van der Waals surface area contributed by atoms with Crippen molar-refractivity contribution in [2.75, 3.05) is 7.11 Å². The van der Waals surface area contributed by atoms with Gasteiger partial charge in [0.25, 0.3) is 0 Å². The summed E-state index contributed by atoms with van der Waals surface area (Å²) in [5, 5.41) is 17.2. The number of nitrogens with one attached hydrogen (secondary N) is 1. The topological polar surface area (TPSA) is 65.3 Å². The molecule has 1 aromatic carbocycles. The Balaban J connectivity index is 3.00. The largest absolute Gasteiger partial charge is 0.495 e. The molecule has 0 amide bonds. The summed E-state index contributed by atoms with van der Waals surface area (Å²) in [5.41, 5.74) is 3.32. The molecule has 1 rings (SSSR count). The van der Waals surface area contributed by atoms with Crippen molar-refractivity contribution in [2.24, 2.45) is 0 Å². The third kappa shape index (κ3) is 2.18. The summed E-state index contributed by atoms with van der Waals surface area (Å²) in [7, 11) is 1.51. The van der Waals surface area contributed by atoms with E-state index in [0.717, 1.165) is 5.56 Å². The third-order valence-corrected chi connectivity index (χ3v) is 1.67. The SMILES string of the molecule is COc1ccc(CNO)cc1C#N. The van der Waals surface area contributed by atoms with Gasteiger partial charge in [0, 0.05) is 6.54 Å². The first-order chi connectivity index (χ1) is 6.31. The molecule has 0 fully saturated rings. The molecule has 0 aliphatic rings. The molecule has 4 heteroatoms. The number of nitriles is 1. The Morgan fingerprint density at radius 1 is 1.62 bits per heavy atom. The van der Waals surface area contributed by atoms with Gasteiger partial charge >= 0.3 is 0 Å². The van der Waals surface area contributed by atoms with E-state index in [1.807, 2.05) is 11.5 Å². The molecular weight excluding hydrogens is 168 g/mol. The molecule has 0 atom stereocenters. The first-order valence-electron chi connectivity index (χ1n) is 3.75. The van der Waals surface area contributed by atoms with Gasteiger partial charge in [-0.25, -0.2) is 5.48 Å². The van der Waals surface area contributed by atoms with Crippen LogP contribution in [0.4, 0.5) is 0 Å². The molecule has 0 heterocycles. The minimum absolute atomic E-state index is 0.318. The number of hydrogen-bond acceptors (Lipinski definition) is 4. The highest BCUT2D eigenvalue weighted by atomic mass is 16.5. The summed E-state index contributed by atoms with van der Waals surface area (Å²) in [6.07, 6.45) is 0. The highest BCUT2D eigenvalue weighted by Crippen LogP contribution is 2.18. The maximum Gasteiger partial charge on any atom is 0.136 e. The molecule has 1 aromatic rings. The van der Waals surface area contributed by atoms with Gasteiger partial charge in [-0.05, 0) is 17.7 Å². The van der Waals surface area contributed by atoms with Crippen LogP contribution in [0.5, 0.6) is 5.75 Å². The number of nitrogens with zero attached hydrogens (tertiary/aromatic N) is 1. The van der Waals surface area contributed by atoms with Gasteiger partial charge in [0.15, 0.2) is 0 Å². The van der Waals surface area contributed by atoms with E-state index in [1.165, 1.54) is 7.11 Å². The second-order valence-electron chi connectivity index (χ2n) is 2.48. The minimum Gasteiger partial charge on any atom is -0.495 e. The van der Waals surface area contributed by atoms with E-state index in [2.05, 4.69) is 0 Å². The molecule has 2 N–H and O–H groups in total. The van der Waals surface area contributed by atoms with Gasteiger partial charge in [0.05, 0.1) is 12.7 Å². The minimum atomic E-state index is 0.318. The van der Waals surface area contributed by atoms with E-state index >= 15 is 0 Å². The molecule has 13 heavy (non-hydrogen) atoms. The highest BCUT2D eigenvalue weighted by Gasteiger charge is 2.02. The van der Waals surface area contributed by atoms with Crippen LogP contribution in [0.15, 0.2) is 18.2 Å². The number of hydrogen-bond donors (Lipinski definition) is 2. The van der Waals surface area contributed by atoms with Crippen LogP contribution in [0.25, 0.3) is 0 Å². The van der Waals surface area contributed by atoms with Crippen LogP contribution in [-0.2, 0) is 6.54 Å². The number of benzene rings is 1.